The van der Waals surface area contributed by atoms with Crippen molar-refractivity contribution in [3.8, 4) is 12.3 Å². The lowest BCUT2D eigenvalue weighted by molar-refractivity contribution is 0.840. The Balaban J connectivity index is 0.00000165. The fourth-order valence-electron chi connectivity index (χ4n) is 2.65. The predicted octanol–water partition coefficient (Wildman–Crippen LogP) is 7.78. The van der Waals surface area contributed by atoms with Gasteiger partial charge in [0.05, 0.1) is 0 Å². The molecule has 1 nitrogen and oxygen atoms in total. The summed E-state index contributed by atoms with van der Waals surface area (Å²) in [5.74, 6) is 2.71. The summed E-state index contributed by atoms with van der Waals surface area (Å²) in [5, 5.41) is 0. The van der Waals surface area contributed by atoms with Crippen molar-refractivity contribution < 1.29 is 0 Å². The van der Waals surface area contributed by atoms with Gasteiger partial charge in [-0.1, -0.05) is 99.9 Å². The van der Waals surface area contributed by atoms with Gasteiger partial charge in [0.25, 0.3) is 0 Å². The van der Waals surface area contributed by atoms with E-state index >= 15 is 0 Å². The van der Waals surface area contributed by atoms with Crippen LogP contribution in [0.3, 0.4) is 0 Å². The lowest BCUT2D eigenvalue weighted by Crippen LogP contribution is -2.22. The molecule has 0 fully saturated rings. The van der Waals surface area contributed by atoms with E-state index in [1.807, 2.05) is 6.08 Å². The Morgan fingerprint density at radius 1 is 1.11 bits per heavy atom. The fraction of sp³-hybridized carbons (Fsp3) is 0.333. The van der Waals surface area contributed by atoms with Gasteiger partial charge < -0.3 is 4.90 Å². The first-order valence-corrected chi connectivity index (χ1v) is 10.2. The number of anilines is 1. The monoisotopic (exact) mass is 375 g/mol. The standard InChI is InChI=1S/C23H31N.C4H6/c1-6-11-21(9-4)14-10-19-24(22(12-7-2)13-8-3)23-17-15-20(5)16-18-23;1-3-4-2/h2,10-12,14-18H,6,8-9,13,19H2,1,3-5H3;3-4H,1-2H2/b14-10-,21-11-,22-12+;. The van der Waals surface area contributed by atoms with Gasteiger partial charge in [-0.3, -0.25) is 0 Å². The highest BCUT2D eigenvalue weighted by molar-refractivity contribution is 5.54. The number of hydrogen-bond donors (Lipinski definition) is 0. The van der Waals surface area contributed by atoms with Gasteiger partial charge in [0.2, 0.25) is 0 Å². The molecule has 1 heteroatoms. The quantitative estimate of drug-likeness (QED) is 0.298. The summed E-state index contributed by atoms with van der Waals surface area (Å²) in [4.78, 5) is 2.32. The van der Waals surface area contributed by atoms with Gasteiger partial charge in [0, 0.05) is 24.0 Å². The number of nitrogens with zero attached hydrogens (tertiary/aromatic N) is 1. The first-order valence-electron chi connectivity index (χ1n) is 10.2. The SMILES string of the molecule is C#C/C=C(\CCC)N(C/C=C\C(=C/CC)CC)c1ccc(C)cc1.C=CC=C. The molecule has 0 amide bonds. The third kappa shape index (κ3) is 10.4. The molecule has 1 aromatic carbocycles. The maximum Gasteiger partial charge on any atom is 0.0412 e. The third-order valence-corrected chi connectivity index (χ3v) is 4.11. The van der Waals surface area contributed by atoms with Crippen molar-refractivity contribution in [2.24, 2.45) is 0 Å². The molecular weight excluding hydrogens is 338 g/mol. The molecule has 0 aliphatic rings. The number of terminal acetylenes is 1. The van der Waals surface area contributed by atoms with Crippen molar-refractivity contribution in [3.63, 3.8) is 0 Å². The van der Waals surface area contributed by atoms with Crippen LogP contribution in [-0.4, -0.2) is 6.54 Å². The molecule has 150 valence electrons. The van der Waals surface area contributed by atoms with E-state index in [4.69, 9.17) is 6.42 Å². The van der Waals surface area contributed by atoms with Crippen molar-refractivity contribution in [3.05, 3.63) is 90.7 Å². The maximum absolute atomic E-state index is 5.56. The number of benzene rings is 1. The second kappa shape index (κ2) is 16.5. The van der Waals surface area contributed by atoms with Gasteiger partial charge in [-0.05, 0) is 38.3 Å². The summed E-state index contributed by atoms with van der Waals surface area (Å²) in [7, 11) is 0. The minimum Gasteiger partial charge on any atom is -0.341 e. The average molecular weight is 376 g/mol. The summed E-state index contributed by atoms with van der Waals surface area (Å²) in [6, 6.07) is 8.65. The van der Waals surface area contributed by atoms with Crippen LogP contribution in [0, 0.1) is 19.3 Å². The Bertz CT molecular complexity index is 687. The first-order chi connectivity index (χ1) is 13.6. The van der Waals surface area contributed by atoms with Crippen LogP contribution in [0.5, 0.6) is 0 Å². The van der Waals surface area contributed by atoms with Gasteiger partial charge in [-0.15, -0.1) is 6.42 Å². The van der Waals surface area contributed by atoms with Crippen LogP contribution >= 0.6 is 0 Å². The molecule has 28 heavy (non-hydrogen) atoms. The Morgan fingerprint density at radius 3 is 2.21 bits per heavy atom. The van der Waals surface area contributed by atoms with E-state index in [2.05, 4.69) is 94.2 Å². The van der Waals surface area contributed by atoms with Crippen LogP contribution in [0.4, 0.5) is 5.69 Å². The highest BCUT2D eigenvalue weighted by atomic mass is 15.1. The number of rotatable bonds is 10. The molecule has 0 spiro atoms. The highest BCUT2D eigenvalue weighted by Gasteiger charge is 2.10. The first kappa shape index (κ1) is 25.3. The molecule has 0 unspecified atom stereocenters. The van der Waals surface area contributed by atoms with E-state index in [9.17, 15) is 0 Å². The molecule has 0 aromatic heterocycles. The smallest absolute Gasteiger partial charge is 0.0412 e. The molecule has 0 aliphatic heterocycles. The molecule has 1 rings (SSSR count). The second-order valence-electron chi connectivity index (χ2n) is 6.41. The molecule has 0 saturated heterocycles. The van der Waals surface area contributed by atoms with Crippen molar-refractivity contribution >= 4 is 5.69 Å². The number of aryl methyl sites for hydroxylation is 1. The summed E-state index contributed by atoms with van der Waals surface area (Å²) >= 11 is 0. The van der Waals surface area contributed by atoms with Gasteiger partial charge in [-0.25, -0.2) is 0 Å². The van der Waals surface area contributed by atoms with Crippen LogP contribution in [0.1, 0.15) is 52.0 Å². The Morgan fingerprint density at radius 2 is 1.75 bits per heavy atom. The van der Waals surface area contributed by atoms with E-state index in [1.165, 1.54) is 22.5 Å². The van der Waals surface area contributed by atoms with Crippen molar-refractivity contribution in [1.82, 2.24) is 0 Å². The second-order valence-corrected chi connectivity index (χ2v) is 6.41. The summed E-state index contributed by atoms with van der Waals surface area (Å²) in [6.07, 6.45) is 21.7. The minimum absolute atomic E-state index is 0.831. The normalized spacial score (nSPS) is 11.4. The zero-order valence-corrected chi connectivity index (χ0v) is 18.2. The fourth-order valence-corrected chi connectivity index (χ4v) is 2.65. The van der Waals surface area contributed by atoms with Crippen LogP contribution in [-0.2, 0) is 0 Å². The minimum atomic E-state index is 0.831. The largest absolute Gasteiger partial charge is 0.341 e. The highest BCUT2D eigenvalue weighted by Crippen LogP contribution is 2.23. The van der Waals surface area contributed by atoms with Gasteiger partial charge in [-0.2, -0.15) is 0 Å². The molecular formula is C27H37N. The molecule has 0 heterocycles. The predicted molar refractivity (Wildman–Crippen MR) is 129 cm³/mol. The Kier molecular flexibility index (Phi) is 14.9. The zero-order chi connectivity index (χ0) is 21.2. The van der Waals surface area contributed by atoms with E-state index in [0.717, 1.165) is 32.2 Å². The van der Waals surface area contributed by atoms with Crippen LogP contribution in [0.2, 0.25) is 0 Å². The molecule has 0 atom stereocenters. The van der Waals surface area contributed by atoms with Crippen molar-refractivity contribution in [2.75, 3.05) is 11.4 Å². The topological polar surface area (TPSA) is 3.24 Å². The van der Waals surface area contributed by atoms with Gasteiger partial charge in [0.15, 0.2) is 0 Å². The van der Waals surface area contributed by atoms with Gasteiger partial charge in [0.1, 0.15) is 0 Å². The van der Waals surface area contributed by atoms with Gasteiger partial charge >= 0.3 is 0 Å². The summed E-state index contributed by atoms with van der Waals surface area (Å²) < 4.78 is 0. The number of allylic oxidation sites excluding steroid dienone is 7. The average Bonchev–Trinajstić information content (AvgIpc) is 2.71. The third-order valence-electron chi connectivity index (χ3n) is 4.11. The summed E-state index contributed by atoms with van der Waals surface area (Å²) in [5.41, 5.74) is 5.05. The van der Waals surface area contributed by atoms with E-state index in [1.54, 1.807) is 12.2 Å². The Labute approximate surface area is 173 Å². The molecule has 0 N–H and O–H groups in total. The lowest BCUT2D eigenvalue weighted by atomic mass is 10.1. The zero-order valence-electron chi connectivity index (χ0n) is 18.2. The van der Waals surface area contributed by atoms with Crippen LogP contribution in [0.15, 0.2) is 85.1 Å². The molecule has 0 aliphatic carbocycles. The van der Waals surface area contributed by atoms with Crippen LogP contribution < -0.4 is 4.90 Å². The maximum atomic E-state index is 5.56. The van der Waals surface area contributed by atoms with Crippen molar-refractivity contribution in [2.45, 2.75) is 53.4 Å². The molecule has 1 aromatic rings. The van der Waals surface area contributed by atoms with E-state index < -0.39 is 0 Å². The Hall–Kier alpha value is -2.72. The molecule has 0 saturated carbocycles. The molecule has 0 radical (unpaired) electrons. The van der Waals surface area contributed by atoms with E-state index in [0.29, 0.717) is 0 Å². The van der Waals surface area contributed by atoms with Crippen molar-refractivity contribution in [1.29, 1.82) is 0 Å². The number of hydrogen-bond acceptors (Lipinski definition) is 1. The molecule has 0 bridgehead atoms. The summed E-state index contributed by atoms with van der Waals surface area (Å²) in [6.45, 7) is 16.2. The van der Waals surface area contributed by atoms with E-state index in [-0.39, 0.29) is 0 Å². The van der Waals surface area contributed by atoms with Crippen LogP contribution in [0.25, 0.3) is 0 Å². The lowest BCUT2D eigenvalue weighted by Gasteiger charge is -2.26.